The van der Waals surface area contributed by atoms with Crippen LogP contribution in [0, 0.1) is 6.92 Å². The topological polar surface area (TPSA) is 37.8 Å². The van der Waals surface area contributed by atoms with Crippen LogP contribution in [0.1, 0.15) is 11.1 Å². The Morgan fingerprint density at radius 3 is 2.75 bits per heavy atom. The van der Waals surface area contributed by atoms with Crippen molar-refractivity contribution < 1.29 is 0 Å². The summed E-state index contributed by atoms with van der Waals surface area (Å²) in [7, 11) is 0. The molecule has 0 fully saturated rings. The van der Waals surface area contributed by atoms with Gasteiger partial charge in [-0.15, -0.1) is 0 Å². The molecular weight excluding hydrogens is 313 g/mol. The van der Waals surface area contributed by atoms with Gasteiger partial charge in [-0.3, -0.25) is 0 Å². The molecule has 0 aliphatic heterocycles. The number of hydrogen-bond donors (Lipinski definition) is 1. The van der Waals surface area contributed by atoms with Gasteiger partial charge in [0, 0.05) is 11.6 Å². The second-order valence-electron chi connectivity index (χ2n) is 4.49. The summed E-state index contributed by atoms with van der Waals surface area (Å²) in [4.78, 5) is 0. The molecule has 0 saturated carbocycles. The molecule has 0 spiro atoms. The first kappa shape index (κ1) is 13.6. The molecule has 0 aliphatic rings. The average Bonchev–Trinajstić information content (AvgIpc) is 2.90. The van der Waals surface area contributed by atoms with Crippen molar-refractivity contribution in [3.63, 3.8) is 0 Å². The highest BCUT2D eigenvalue weighted by Crippen LogP contribution is 2.30. The number of fused-ring (bicyclic) bond motifs is 1. The van der Waals surface area contributed by atoms with Gasteiger partial charge in [0.2, 0.25) is 0 Å². The molecule has 102 valence electrons. The minimum atomic E-state index is 0.635. The van der Waals surface area contributed by atoms with Crippen LogP contribution >= 0.6 is 34.9 Å². The van der Waals surface area contributed by atoms with E-state index in [1.54, 1.807) is 0 Å². The number of nitrogens with one attached hydrogen (secondary N) is 1. The van der Waals surface area contributed by atoms with Crippen LogP contribution in [-0.4, -0.2) is 8.75 Å². The van der Waals surface area contributed by atoms with Gasteiger partial charge in [-0.25, -0.2) is 0 Å². The Labute approximate surface area is 130 Å². The van der Waals surface area contributed by atoms with Crippen LogP contribution in [0.5, 0.6) is 0 Å². The van der Waals surface area contributed by atoms with E-state index >= 15 is 0 Å². The fourth-order valence-electron chi connectivity index (χ4n) is 1.93. The molecule has 3 rings (SSSR count). The molecule has 3 nitrogen and oxygen atoms in total. The molecule has 3 aromatic rings. The zero-order valence-corrected chi connectivity index (χ0v) is 13.0. The van der Waals surface area contributed by atoms with E-state index in [-0.39, 0.29) is 0 Å². The quantitative estimate of drug-likeness (QED) is 0.743. The molecule has 1 N–H and O–H groups in total. The Balaban J connectivity index is 1.88. The Kier molecular flexibility index (Phi) is 3.78. The first-order valence-corrected chi connectivity index (χ1v) is 7.53. The van der Waals surface area contributed by atoms with Crippen LogP contribution in [0.2, 0.25) is 10.0 Å². The van der Waals surface area contributed by atoms with Crippen molar-refractivity contribution in [2.75, 3.05) is 5.32 Å². The van der Waals surface area contributed by atoms with Crippen molar-refractivity contribution in [1.82, 2.24) is 8.75 Å². The number of rotatable bonds is 3. The van der Waals surface area contributed by atoms with E-state index in [0.29, 0.717) is 11.6 Å². The molecular formula is C14H11Cl2N3S. The molecule has 0 amide bonds. The summed E-state index contributed by atoms with van der Waals surface area (Å²) in [5.74, 6) is 0. The third-order valence-electron chi connectivity index (χ3n) is 3.08. The van der Waals surface area contributed by atoms with Gasteiger partial charge in [0.15, 0.2) is 0 Å². The maximum Gasteiger partial charge on any atom is 0.129 e. The number of anilines is 1. The second kappa shape index (κ2) is 5.56. The molecule has 0 unspecified atom stereocenters. The smallest absolute Gasteiger partial charge is 0.129 e. The van der Waals surface area contributed by atoms with Crippen molar-refractivity contribution in [3.8, 4) is 0 Å². The van der Waals surface area contributed by atoms with Gasteiger partial charge < -0.3 is 5.32 Å². The first-order chi connectivity index (χ1) is 9.65. The predicted molar refractivity (Wildman–Crippen MR) is 85.9 cm³/mol. The number of aryl methyl sites for hydroxylation is 1. The molecule has 1 aromatic heterocycles. The third-order valence-corrected chi connectivity index (χ3v) is 4.35. The fraction of sp³-hybridized carbons (Fsp3) is 0.143. The predicted octanol–water partition coefficient (Wildman–Crippen LogP) is 4.92. The Bertz CT molecular complexity index is 770. The van der Waals surface area contributed by atoms with Crippen molar-refractivity contribution in [3.05, 3.63) is 51.5 Å². The molecule has 0 atom stereocenters. The highest BCUT2D eigenvalue weighted by molar-refractivity contribution is 7.00. The van der Waals surface area contributed by atoms with Gasteiger partial charge >= 0.3 is 0 Å². The molecule has 0 aliphatic carbocycles. The fourth-order valence-corrected chi connectivity index (χ4v) is 2.90. The SMILES string of the molecule is Cc1ccc(CNc2c(Cl)ccc3nsnc23)cc1Cl. The maximum absolute atomic E-state index is 6.23. The number of benzene rings is 2. The number of hydrogen-bond acceptors (Lipinski definition) is 4. The first-order valence-electron chi connectivity index (χ1n) is 6.05. The monoisotopic (exact) mass is 323 g/mol. The zero-order valence-electron chi connectivity index (χ0n) is 10.7. The molecule has 0 bridgehead atoms. The summed E-state index contributed by atoms with van der Waals surface area (Å²) < 4.78 is 8.49. The average molecular weight is 324 g/mol. The normalized spacial score (nSPS) is 10.9. The van der Waals surface area contributed by atoms with Crippen molar-refractivity contribution in [2.24, 2.45) is 0 Å². The summed E-state index contributed by atoms with van der Waals surface area (Å²) in [6.07, 6.45) is 0. The second-order valence-corrected chi connectivity index (χ2v) is 5.83. The minimum Gasteiger partial charge on any atom is -0.378 e. The maximum atomic E-state index is 6.23. The van der Waals surface area contributed by atoms with E-state index in [4.69, 9.17) is 23.2 Å². The van der Waals surface area contributed by atoms with Crippen molar-refractivity contribution >= 4 is 51.7 Å². The Hall–Kier alpha value is -1.36. The molecule has 0 radical (unpaired) electrons. The Morgan fingerprint density at radius 1 is 1.10 bits per heavy atom. The van der Waals surface area contributed by atoms with E-state index in [1.807, 2.05) is 37.3 Å². The largest absolute Gasteiger partial charge is 0.378 e. The molecule has 2 aromatic carbocycles. The third kappa shape index (κ3) is 2.59. The van der Waals surface area contributed by atoms with Gasteiger partial charge in [-0.1, -0.05) is 35.3 Å². The van der Waals surface area contributed by atoms with Crippen LogP contribution in [0.4, 0.5) is 5.69 Å². The van der Waals surface area contributed by atoms with Crippen LogP contribution in [0.15, 0.2) is 30.3 Å². The standard InChI is InChI=1S/C14H11Cl2N3S/c1-8-2-3-9(6-11(8)16)7-17-13-10(15)4-5-12-14(13)19-20-18-12/h2-6,17H,7H2,1H3. The highest BCUT2D eigenvalue weighted by atomic mass is 35.5. The molecule has 20 heavy (non-hydrogen) atoms. The lowest BCUT2D eigenvalue weighted by atomic mass is 10.1. The molecule has 6 heteroatoms. The number of halogens is 2. The lowest BCUT2D eigenvalue weighted by Crippen LogP contribution is -2.01. The molecule has 1 heterocycles. The number of aromatic nitrogens is 2. The molecule has 0 saturated heterocycles. The van der Waals surface area contributed by atoms with Gasteiger partial charge in [0.1, 0.15) is 11.0 Å². The van der Waals surface area contributed by atoms with Crippen LogP contribution < -0.4 is 5.32 Å². The van der Waals surface area contributed by atoms with Gasteiger partial charge in [0.25, 0.3) is 0 Å². The van der Waals surface area contributed by atoms with E-state index in [9.17, 15) is 0 Å². The Morgan fingerprint density at radius 2 is 1.95 bits per heavy atom. The van der Waals surface area contributed by atoms with E-state index in [0.717, 1.165) is 32.9 Å². The summed E-state index contributed by atoms with van der Waals surface area (Å²) in [6.45, 7) is 2.62. The van der Waals surface area contributed by atoms with Crippen LogP contribution in [0.3, 0.4) is 0 Å². The lowest BCUT2D eigenvalue weighted by Gasteiger charge is -2.09. The van der Waals surface area contributed by atoms with E-state index in [2.05, 4.69) is 14.1 Å². The van der Waals surface area contributed by atoms with Crippen LogP contribution in [0.25, 0.3) is 11.0 Å². The van der Waals surface area contributed by atoms with Crippen molar-refractivity contribution in [2.45, 2.75) is 13.5 Å². The van der Waals surface area contributed by atoms with E-state index < -0.39 is 0 Å². The van der Waals surface area contributed by atoms with Gasteiger partial charge in [-0.05, 0) is 36.2 Å². The van der Waals surface area contributed by atoms with Gasteiger partial charge in [0.05, 0.1) is 22.4 Å². The van der Waals surface area contributed by atoms with Gasteiger partial charge in [-0.2, -0.15) is 8.75 Å². The minimum absolute atomic E-state index is 0.635. The number of nitrogens with zero attached hydrogens (tertiary/aromatic N) is 2. The summed E-state index contributed by atoms with van der Waals surface area (Å²) in [5, 5.41) is 4.73. The van der Waals surface area contributed by atoms with Crippen LogP contribution in [-0.2, 0) is 6.54 Å². The highest BCUT2D eigenvalue weighted by Gasteiger charge is 2.09. The van der Waals surface area contributed by atoms with Crippen molar-refractivity contribution in [1.29, 1.82) is 0 Å². The lowest BCUT2D eigenvalue weighted by molar-refractivity contribution is 1.15. The summed E-state index contributed by atoms with van der Waals surface area (Å²) in [6, 6.07) is 9.70. The zero-order chi connectivity index (χ0) is 14.1. The van der Waals surface area contributed by atoms with E-state index in [1.165, 1.54) is 11.7 Å². The summed E-state index contributed by atoms with van der Waals surface area (Å²) >= 11 is 13.5. The summed E-state index contributed by atoms with van der Waals surface area (Å²) in [5.41, 5.74) is 4.63.